The average molecular weight is 321 g/mol. The second-order valence-corrected chi connectivity index (χ2v) is 4.88. The van der Waals surface area contributed by atoms with E-state index in [9.17, 15) is 9.59 Å². The van der Waals surface area contributed by atoms with Gasteiger partial charge in [0, 0.05) is 11.9 Å². The van der Waals surface area contributed by atoms with Crippen molar-refractivity contribution in [1.82, 2.24) is 9.59 Å². The van der Waals surface area contributed by atoms with Crippen molar-refractivity contribution in [2.75, 3.05) is 18.5 Å². The van der Waals surface area contributed by atoms with Crippen LogP contribution in [0.4, 0.5) is 5.69 Å². The molecule has 0 atom stereocenters. The van der Waals surface area contributed by atoms with E-state index in [0.29, 0.717) is 5.69 Å². The van der Waals surface area contributed by atoms with Crippen molar-refractivity contribution < 1.29 is 19.1 Å². The molecule has 0 aliphatic rings. The Hall–Kier alpha value is -2.48. The summed E-state index contributed by atoms with van der Waals surface area (Å²) >= 11 is 1.29. The molecule has 0 saturated carbocycles. The molecule has 2 rings (SSSR count). The molecule has 8 heteroatoms. The van der Waals surface area contributed by atoms with Crippen LogP contribution >= 0.6 is 11.5 Å². The number of aromatic nitrogens is 2. The van der Waals surface area contributed by atoms with E-state index < -0.39 is 11.9 Å². The average Bonchev–Trinajstić information content (AvgIpc) is 2.95. The first-order valence-electron chi connectivity index (χ1n) is 6.68. The maximum absolute atomic E-state index is 11.8. The molecule has 0 unspecified atom stereocenters. The van der Waals surface area contributed by atoms with E-state index >= 15 is 0 Å². The highest BCUT2D eigenvalue weighted by Gasteiger charge is 2.20. The molecule has 0 spiro atoms. The Balaban J connectivity index is 2.20. The fourth-order valence-corrected chi connectivity index (χ4v) is 2.18. The third-order valence-corrected chi connectivity index (χ3v) is 3.33. The van der Waals surface area contributed by atoms with Crippen LogP contribution in [0.1, 0.15) is 13.8 Å². The normalized spacial score (nSPS) is 10.1. The van der Waals surface area contributed by atoms with Gasteiger partial charge in [-0.05, 0) is 43.6 Å². The quantitative estimate of drug-likeness (QED) is 0.377. The second kappa shape index (κ2) is 7.51. The summed E-state index contributed by atoms with van der Waals surface area (Å²) < 4.78 is 14.5. The number of carbonyl (C=O) groups excluding carboxylic acids is 2. The number of hydrogen-bond acceptors (Lipinski definition) is 8. The van der Waals surface area contributed by atoms with Crippen molar-refractivity contribution in [2.45, 2.75) is 13.8 Å². The van der Waals surface area contributed by atoms with Crippen LogP contribution < -0.4 is 5.32 Å². The SMILES string of the molecule is CCOC(=O)C(=CNc1ccc2snnc2c1)C(=O)OCC. The van der Waals surface area contributed by atoms with Gasteiger partial charge in [0.05, 0.1) is 17.9 Å². The van der Waals surface area contributed by atoms with Crippen LogP contribution in [-0.2, 0) is 19.1 Å². The summed E-state index contributed by atoms with van der Waals surface area (Å²) in [5, 5.41) is 6.84. The van der Waals surface area contributed by atoms with E-state index in [1.165, 1.54) is 17.7 Å². The summed E-state index contributed by atoms with van der Waals surface area (Å²) in [5.41, 5.74) is 1.21. The van der Waals surface area contributed by atoms with Gasteiger partial charge in [0.1, 0.15) is 5.52 Å². The number of anilines is 1. The number of esters is 2. The minimum atomic E-state index is -0.732. The van der Waals surface area contributed by atoms with Crippen molar-refractivity contribution in [3.8, 4) is 0 Å². The number of hydrogen-bond donors (Lipinski definition) is 1. The number of ether oxygens (including phenoxy) is 2. The molecule has 116 valence electrons. The Morgan fingerprint density at radius 1 is 1.23 bits per heavy atom. The van der Waals surface area contributed by atoms with E-state index in [4.69, 9.17) is 9.47 Å². The van der Waals surface area contributed by atoms with Crippen LogP contribution in [0.2, 0.25) is 0 Å². The van der Waals surface area contributed by atoms with Crippen LogP contribution in [0.5, 0.6) is 0 Å². The van der Waals surface area contributed by atoms with Crippen molar-refractivity contribution in [3.05, 3.63) is 30.0 Å². The molecule has 1 aromatic carbocycles. The first-order chi connectivity index (χ1) is 10.7. The number of benzene rings is 1. The zero-order valence-corrected chi connectivity index (χ0v) is 13.0. The molecule has 7 nitrogen and oxygen atoms in total. The Bertz CT molecular complexity index is 691. The fraction of sp³-hybridized carbons (Fsp3) is 0.286. The predicted molar refractivity (Wildman–Crippen MR) is 82.4 cm³/mol. The Morgan fingerprint density at radius 2 is 1.91 bits per heavy atom. The second-order valence-electron chi connectivity index (χ2n) is 4.10. The summed E-state index contributed by atoms with van der Waals surface area (Å²) in [5.74, 6) is -1.46. The van der Waals surface area contributed by atoms with Gasteiger partial charge in [-0.1, -0.05) is 4.49 Å². The van der Waals surface area contributed by atoms with Crippen LogP contribution in [0.25, 0.3) is 10.2 Å². The number of rotatable bonds is 6. The number of nitrogens with zero attached hydrogens (tertiary/aromatic N) is 2. The summed E-state index contributed by atoms with van der Waals surface area (Å²) in [6.07, 6.45) is 1.27. The van der Waals surface area contributed by atoms with Gasteiger partial charge in [-0.2, -0.15) is 0 Å². The smallest absolute Gasteiger partial charge is 0.347 e. The summed E-state index contributed by atoms with van der Waals surface area (Å²) in [7, 11) is 0. The van der Waals surface area contributed by atoms with Crippen LogP contribution in [0.15, 0.2) is 30.0 Å². The molecule has 0 radical (unpaired) electrons. The Morgan fingerprint density at radius 3 is 2.55 bits per heavy atom. The predicted octanol–water partition coefficient (Wildman–Crippen LogP) is 2.11. The number of fused-ring (bicyclic) bond motifs is 1. The van der Waals surface area contributed by atoms with Gasteiger partial charge in [-0.25, -0.2) is 9.59 Å². The van der Waals surface area contributed by atoms with Crippen LogP contribution in [-0.4, -0.2) is 34.7 Å². The Labute approximate surface area is 131 Å². The largest absolute Gasteiger partial charge is 0.462 e. The molecule has 0 bridgehead atoms. The summed E-state index contributed by atoms with van der Waals surface area (Å²) in [4.78, 5) is 23.6. The molecule has 1 N–H and O–H groups in total. The molecule has 2 aromatic rings. The Kier molecular flexibility index (Phi) is 5.42. The molecule has 1 aromatic heterocycles. The molecule has 0 amide bonds. The monoisotopic (exact) mass is 321 g/mol. The fourth-order valence-electron chi connectivity index (χ4n) is 1.65. The van der Waals surface area contributed by atoms with Gasteiger partial charge >= 0.3 is 11.9 Å². The van der Waals surface area contributed by atoms with Crippen LogP contribution in [0.3, 0.4) is 0 Å². The highest BCUT2D eigenvalue weighted by molar-refractivity contribution is 7.12. The first kappa shape index (κ1) is 15.9. The minimum Gasteiger partial charge on any atom is -0.462 e. The van der Waals surface area contributed by atoms with Gasteiger partial charge < -0.3 is 14.8 Å². The van der Waals surface area contributed by atoms with Gasteiger partial charge in [0.25, 0.3) is 0 Å². The number of nitrogens with one attached hydrogen (secondary N) is 1. The van der Waals surface area contributed by atoms with Crippen molar-refractivity contribution in [1.29, 1.82) is 0 Å². The van der Waals surface area contributed by atoms with Gasteiger partial charge in [-0.3, -0.25) is 0 Å². The molecule has 1 heterocycles. The third kappa shape index (κ3) is 3.79. The lowest BCUT2D eigenvalue weighted by Gasteiger charge is -2.07. The lowest BCUT2D eigenvalue weighted by atomic mass is 10.2. The molecular weight excluding hydrogens is 306 g/mol. The molecule has 0 aliphatic carbocycles. The van der Waals surface area contributed by atoms with Crippen molar-refractivity contribution in [3.63, 3.8) is 0 Å². The number of carbonyl (C=O) groups is 2. The van der Waals surface area contributed by atoms with Gasteiger partial charge in [0.2, 0.25) is 0 Å². The lowest BCUT2D eigenvalue weighted by Crippen LogP contribution is -2.19. The molecule has 0 aliphatic heterocycles. The van der Waals surface area contributed by atoms with Crippen molar-refractivity contribution >= 4 is 39.4 Å². The minimum absolute atomic E-state index is 0.173. The molecule has 0 fully saturated rings. The highest BCUT2D eigenvalue weighted by Crippen LogP contribution is 2.20. The van der Waals surface area contributed by atoms with E-state index in [2.05, 4.69) is 14.9 Å². The van der Waals surface area contributed by atoms with E-state index in [1.807, 2.05) is 6.07 Å². The third-order valence-electron chi connectivity index (χ3n) is 2.62. The van der Waals surface area contributed by atoms with Gasteiger partial charge in [0.15, 0.2) is 5.57 Å². The summed E-state index contributed by atoms with van der Waals surface area (Å²) in [6.45, 7) is 3.67. The topological polar surface area (TPSA) is 90.4 Å². The standard InChI is InChI=1S/C14H15N3O4S/c1-3-20-13(18)10(14(19)21-4-2)8-15-9-5-6-12-11(7-9)16-17-22-12/h5-8,15H,3-4H2,1-2H3. The van der Waals surface area contributed by atoms with E-state index in [1.54, 1.807) is 26.0 Å². The lowest BCUT2D eigenvalue weighted by molar-refractivity contribution is -0.146. The van der Waals surface area contributed by atoms with E-state index in [0.717, 1.165) is 10.2 Å². The zero-order chi connectivity index (χ0) is 15.9. The van der Waals surface area contributed by atoms with E-state index in [-0.39, 0.29) is 18.8 Å². The van der Waals surface area contributed by atoms with Crippen LogP contribution in [0, 0.1) is 0 Å². The maximum Gasteiger partial charge on any atom is 0.347 e. The molecular formula is C14H15N3O4S. The zero-order valence-electron chi connectivity index (χ0n) is 12.2. The first-order valence-corrected chi connectivity index (χ1v) is 7.46. The summed E-state index contributed by atoms with van der Waals surface area (Å²) in [6, 6.07) is 5.42. The van der Waals surface area contributed by atoms with Gasteiger partial charge in [-0.15, -0.1) is 5.10 Å². The molecule has 0 saturated heterocycles. The molecule has 22 heavy (non-hydrogen) atoms. The van der Waals surface area contributed by atoms with Crippen molar-refractivity contribution in [2.24, 2.45) is 0 Å². The maximum atomic E-state index is 11.8. The highest BCUT2D eigenvalue weighted by atomic mass is 32.1.